The standard InChI is InChI=1S/C9H9NO4S/c1-4(11)10-6-3-7(12)5(9(13)14)2-8(6)15/h2-3,12,15H,1H3,(H,10,11)(H,13,14). The van der Waals surface area contributed by atoms with Crippen LogP contribution in [0.3, 0.4) is 0 Å². The molecule has 6 heteroatoms. The summed E-state index contributed by atoms with van der Waals surface area (Å²) in [7, 11) is 0. The van der Waals surface area contributed by atoms with Crippen LogP contribution in [0.1, 0.15) is 17.3 Å². The Morgan fingerprint density at radius 1 is 1.40 bits per heavy atom. The molecule has 80 valence electrons. The Hall–Kier alpha value is -1.69. The predicted octanol–water partition coefficient (Wildman–Crippen LogP) is 1.34. The topological polar surface area (TPSA) is 86.6 Å². The van der Waals surface area contributed by atoms with Crippen LogP contribution in [-0.2, 0) is 4.79 Å². The summed E-state index contributed by atoms with van der Waals surface area (Å²) < 4.78 is 0. The molecule has 15 heavy (non-hydrogen) atoms. The monoisotopic (exact) mass is 227 g/mol. The SMILES string of the molecule is CC(=O)Nc1cc(O)c(C(=O)O)cc1S. The number of benzene rings is 1. The van der Waals surface area contributed by atoms with Crippen molar-refractivity contribution in [1.82, 2.24) is 0 Å². The predicted molar refractivity (Wildman–Crippen MR) is 56.6 cm³/mol. The normalized spacial score (nSPS) is 9.73. The van der Waals surface area contributed by atoms with E-state index < -0.39 is 11.7 Å². The highest BCUT2D eigenvalue weighted by molar-refractivity contribution is 7.80. The van der Waals surface area contributed by atoms with Crippen LogP contribution < -0.4 is 5.32 Å². The average molecular weight is 227 g/mol. The second kappa shape index (κ2) is 4.22. The van der Waals surface area contributed by atoms with Gasteiger partial charge in [-0.05, 0) is 6.07 Å². The van der Waals surface area contributed by atoms with Crippen molar-refractivity contribution in [3.05, 3.63) is 17.7 Å². The van der Waals surface area contributed by atoms with Crippen LogP contribution in [-0.4, -0.2) is 22.1 Å². The number of amides is 1. The third-order valence-electron chi connectivity index (χ3n) is 1.66. The molecule has 0 fully saturated rings. The number of thiol groups is 1. The Labute approximate surface area is 91.1 Å². The Morgan fingerprint density at radius 3 is 2.47 bits per heavy atom. The summed E-state index contributed by atoms with van der Waals surface area (Å²) in [6.07, 6.45) is 0. The highest BCUT2D eigenvalue weighted by Crippen LogP contribution is 2.28. The summed E-state index contributed by atoms with van der Waals surface area (Å²) in [6.45, 7) is 1.30. The van der Waals surface area contributed by atoms with Crippen LogP contribution in [0.15, 0.2) is 17.0 Å². The molecule has 0 saturated carbocycles. The molecule has 0 heterocycles. The molecular weight excluding hydrogens is 218 g/mol. The maximum absolute atomic E-state index is 10.8. The highest BCUT2D eigenvalue weighted by Gasteiger charge is 2.13. The van der Waals surface area contributed by atoms with Crippen molar-refractivity contribution in [3.63, 3.8) is 0 Å². The van der Waals surface area contributed by atoms with E-state index in [9.17, 15) is 14.7 Å². The van der Waals surface area contributed by atoms with Gasteiger partial charge in [0.15, 0.2) is 0 Å². The molecule has 0 aliphatic rings. The number of hydrogen-bond acceptors (Lipinski definition) is 4. The fraction of sp³-hybridized carbons (Fsp3) is 0.111. The van der Waals surface area contributed by atoms with Gasteiger partial charge in [0.05, 0.1) is 5.69 Å². The summed E-state index contributed by atoms with van der Waals surface area (Å²) >= 11 is 3.99. The zero-order chi connectivity index (χ0) is 11.6. The first-order valence-electron chi connectivity index (χ1n) is 3.98. The van der Waals surface area contributed by atoms with Crippen LogP contribution in [0, 0.1) is 0 Å². The Kier molecular flexibility index (Phi) is 3.21. The van der Waals surface area contributed by atoms with E-state index in [2.05, 4.69) is 17.9 Å². The zero-order valence-electron chi connectivity index (χ0n) is 7.81. The van der Waals surface area contributed by atoms with Crippen molar-refractivity contribution in [2.45, 2.75) is 11.8 Å². The first kappa shape index (κ1) is 11.4. The van der Waals surface area contributed by atoms with Gasteiger partial charge in [-0.15, -0.1) is 12.6 Å². The highest BCUT2D eigenvalue weighted by atomic mass is 32.1. The number of carbonyl (C=O) groups excluding carboxylic acids is 1. The first-order chi connectivity index (χ1) is 6.91. The number of carboxylic acid groups (broad SMARTS) is 1. The number of nitrogens with one attached hydrogen (secondary N) is 1. The zero-order valence-corrected chi connectivity index (χ0v) is 8.71. The quantitative estimate of drug-likeness (QED) is 0.574. The number of carboxylic acids is 1. The van der Waals surface area contributed by atoms with Crippen LogP contribution in [0.5, 0.6) is 5.75 Å². The molecule has 5 nitrogen and oxygen atoms in total. The molecule has 1 aromatic rings. The van der Waals surface area contributed by atoms with Crippen LogP contribution in [0.2, 0.25) is 0 Å². The van der Waals surface area contributed by atoms with Gasteiger partial charge < -0.3 is 15.5 Å². The molecular formula is C9H9NO4S. The lowest BCUT2D eigenvalue weighted by Crippen LogP contribution is -2.07. The first-order valence-corrected chi connectivity index (χ1v) is 4.43. The smallest absolute Gasteiger partial charge is 0.339 e. The van der Waals surface area contributed by atoms with E-state index in [0.717, 1.165) is 6.07 Å². The lowest BCUT2D eigenvalue weighted by atomic mass is 10.2. The van der Waals surface area contributed by atoms with Crippen molar-refractivity contribution >= 4 is 30.2 Å². The Balaban J connectivity index is 3.19. The summed E-state index contributed by atoms with van der Waals surface area (Å²) in [6, 6.07) is 2.32. The van der Waals surface area contributed by atoms with Gasteiger partial charge in [-0.2, -0.15) is 0 Å². The van der Waals surface area contributed by atoms with Gasteiger partial charge in [-0.3, -0.25) is 4.79 Å². The summed E-state index contributed by atoms with van der Waals surface area (Å²) in [5, 5.41) is 20.4. The molecule has 0 aliphatic heterocycles. The number of aromatic hydroxyl groups is 1. The lowest BCUT2D eigenvalue weighted by molar-refractivity contribution is -0.114. The fourth-order valence-corrected chi connectivity index (χ4v) is 1.29. The minimum atomic E-state index is -1.25. The molecule has 0 radical (unpaired) electrons. The molecule has 1 rings (SSSR count). The maximum Gasteiger partial charge on any atom is 0.339 e. The summed E-state index contributed by atoms with van der Waals surface area (Å²) in [5.74, 6) is -1.99. The number of hydrogen-bond donors (Lipinski definition) is 4. The van der Waals surface area contributed by atoms with E-state index in [0.29, 0.717) is 0 Å². The van der Waals surface area contributed by atoms with Gasteiger partial charge in [-0.25, -0.2) is 4.79 Å². The van der Waals surface area contributed by atoms with Crippen LogP contribution >= 0.6 is 12.6 Å². The number of anilines is 1. The third-order valence-corrected chi connectivity index (χ3v) is 2.03. The molecule has 0 spiro atoms. The van der Waals surface area contributed by atoms with Crippen LogP contribution in [0.4, 0.5) is 5.69 Å². The van der Waals surface area contributed by atoms with E-state index in [1.807, 2.05) is 0 Å². The van der Waals surface area contributed by atoms with E-state index in [-0.39, 0.29) is 22.1 Å². The molecule has 3 N–H and O–H groups in total. The van der Waals surface area contributed by atoms with Gasteiger partial charge in [-0.1, -0.05) is 0 Å². The van der Waals surface area contributed by atoms with E-state index >= 15 is 0 Å². The Bertz CT molecular complexity index is 430. The minimum Gasteiger partial charge on any atom is -0.507 e. The van der Waals surface area contributed by atoms with Crippen molar-refractivity contribution in [2.75, 3.05) is 5.32 Å². The van der Waals surface area contributed by atoms with E-state index in [4.69, 9.17) is 5.11 Å². The average Bonchev–Trinajstić information content (AvgIpc) is 2.09. The molecule has 0 bridgehead atoms. The number of carbonyl (C=O) groups is 2. The van der Waals surface area contributed by atoms with Crippen molar-refractivity contribution in [3.8, 4) is 5.75 Å². The minimum absolute atomic E-state index is 0.255. The number of phenols is 1. The van der Waals surface area contributed by atoms with Gasteiger partial charge in [0.2, 0.25) is 5.91 Å². The van der Waals surface area contributed by atoms with Crippen molar-refractivity contribution in [1.29, 1.82) is 0 Å². The summed E-state index contributed by atoms with van der Waals surface area (Å²) in [4.78, 5) is 21.7. The van der Waals surface area contributed by atoms with Crippen LogP contribution in [0.25, 0.3) is 0 Å². The molecule has 0 aromatic heterocycles. The van der Waals surface area contributed by atoms with Crippen molar-refractivity contribution < 1.29 is 19.8 Å². The molecule has 1 aromatic carbocycles. The molecule has 0 unspecified atom stereocenters. The third kappa shape index (κ3) is 2.63. The lowest BCUT2D eigenvalue weighted by Gasteiger charge is -2.08. The van der Waals surface area contributed by atoms with Gasteiger partial charge in [0.1, 0.15) is 11.3 Å². The number of aromatic carboxylic acids is 1. The maximum atomic E-state index is 10.8. The summed E-state index contributed by atoms with van der Waals surface area (Å²) in [5.41, 5.74) is 0.0161. The van der Waals surface area contributed by atoms with Gasteiger partial charge >= 0.3 is 5.97 Å². The largest absolute Gasteiger partial charge is 0.507 e. The Morgan fingerprint density at radius 2 is 2.00 bits per heavy atom. The molecule has 0 saturated heterocycles. The number of rotatable bonds is 2. The van der Waals surface area contributed by atoms with Crippen molar-refractivity contribution in [2.24, 2.45) is 0 Å². The second-order valence-electron chi connectivity index (χ2n) is 2.87. The fourth-order valence-electron chi connectivity index (χ4n) is 1.04. The second-order valence-corrected chi connectivity index (χ2v) is 3.35. The molecule has 1 amide bonds. The molecule has 0 aliphatic carbocycles. The van der Waals surface area contributed by atoms with E-state index in [1.54, 1.807) is 0 Å². The van der Waals surface area contributed by atoms with Gasteiger partial charge in [0.25, 0.3) is 0 Å². The van der Waals surface area contributed by atoms with Gasteiger partial charge in [0, 0.05) is 17.9 Å². The van der Waals surface area contributed by atoms with E-state index in [1.165, 1.54) is 13.0 Å². The molecule has 0 atom stereocenters.